The Kier molecular flexibility index (Phi) is 6.66. The average molecular weight is 496 g/mol. The molecule has 2 aromatic heterocycles. The van der Waals surface area contributed by atoms with Gasteiger partial charge in [-0.1, -0.05) is 6.07 Å². The minimum absolute atomic E-state index is 0.118. The van der Waals surface area contributed by atoms with Gasteiger partial charge in [0.15, 0.2) is 6.10 Å². The van der Waals surface area contributed by atoms with E-state index in [0.29, 0.717) is 23.6 Å². The number of carbonyl (C=O) groups is 1. The van der Waals surface area contributed by atoms with E-state index in [1.807, 2.05) is 6.92 Å². The van der Waals surface area contributed by atoms with Crippen molar-refractivity contribution in [2.75, 3.05) is 18.1 Å². The number of benzene rings is 1. The Hall–Kier alpha value is -3.32. The van der Waals surface area contributed by atoms with Crippen LogP contribution < -0.4 is 4.90 Å². The van der Waals surface area contributed by atoms with Gasteiger partial charge in [-0.15, -0.1) is 10.2 Å². The molecule has 180 valence electrons. The molecular weight excluding hydrogens is 477 g/mol. The van der Waals surface area contributed by atoms with Gasteiger partial charge >= 0.3 is 13.9 Å². The number of rotatable bonds is 8. The van der Waals surface area contributed by atoms with Crippen LogP contribution in [0.4, 0.5) is 19.3 Å². The zero-order chi connectivity index (χ0) is 24.5. The van der Waals surface area contributed by atoms with Crippen LogP contribution >= 0.6 is 7.82 Å². The number of carbonyl (C=O) groups excluding carboxylic acids is 1. The van der Waals surface area contributed by atoms with Gasteiger partial charge in [-0.25, -0.2) is 18.1 Å². The van der Waals surface area contributed by atoms with Gasteiger partial charge < -0.3 is 14.5 Å². The van der Waals surface area contributed by atoms with Crippen molar-refractivity contribution < 1.29 is 37.2 Å². The van der Waals surface area contributed by atoms with Gasteiger partial charge in [0, 0.05) is 17.3 Å². The van der Waals surface area contributed by atoms with Crippen molar-refractivity contribution >= 4 is 19.6 Å². The van der Waals surface area contributed by atoms with Crippen LogP contribution in [0.25, 0.3) is 22.6 Å². The molecule has 4 rings (SSSR count). The molecule has 0 radical (unpaired) electrons. The highest BCUT2D eigenvalue weighted by atomic mass is 31.2. The summed E-state index contributed by atoms with van der Waals surface area (Å²) in [4.78, 5) is 36.7. The monoisotopic (exact) mass is 496 g/mol. The molecule has 0 spiro atoms. The zero-order valence-corrected chi connectivity index (χ0v) is 18.5. The number of halogens is 2. The van der Waals surface area contributed by atoms with E-state index in [0.717, 1.165) is 11.0 Å². The highest BCUT2D eigenvalue weighted by Crippen LogP contribution is 2.40. The number of anilines is 1. The lowest BCUT2D eigenvalue weighted by Gasteiger charge is -2.19. The fourth-order valence-corrected chi connectivity index (χ4v) is 3.88. The quantitative estimate of drug-likeness (QED) is 0.444. The third-order valence-corrected chi connectivity index (χ3v) is 5.52. The Labute approximate surface area is 191 Å². The number of aryl methyl sites for hydroxylation is 1. The summed E-state index contributed by atoms with van der Waals surface area (Å²) in [5, 5.41) is 11.9. The molecule has 12 nitrogen and oxygen atoms in total. The maximum absolute atomic E-state index is 14.9. The second-order valence-corrected chi connectivity index (χ2v) is 8.41. The summed E-state index contributed by atoms with van der Waals surface area (Å²) in [7, 11) is -5.00. The molecule has 1 aliphatic heterocycles. The molecule has 34 heavy (non-hydrogen) atoms. The number of phosphoric ester groups is 1. The number of amides is 1. The summed E-state index contributed by atoms with van der Waals surface area (Å²) in [6.07, 6.45) is -2.43. The molecule has 1 unspecified atom stereocenters. The van der Waals surface area contributed by atoms with E-state index in [4.69, 9.17) is 14.5 Å². The number of cyclic esters (lactones) is 1. The zero-order valence-electron chi connectivity index (χ0n) is 17.7. The Morgan fingerprint density at radius 1 is 1.32 bits per heavy atom. The number of hydrogen-bond acceptors (Lipinski definition) is 8. The van der Waals surface area contributed by atoms with E-state index in [-0.39, 0.29) is 17.8 Å². The first-order valence-electron chi connectivity index (χ1n) is 10.0. The van der Waals surface area contributed by atoms with Gasteiger partial charge in [-0.05, 0) is 36.4 Å². The van der Waals surface area contributed by atoms with Crippen LogP contribution in [-0.2, 0) is 20.4 Å². The molecule has 0 aliphatic carbocycles. The number of ether oxygens (including phenoxy) is 1. The second-order valence-electron chi connectivity index (χ2n) is 7.22. The van der Waals surface area contributed by atoms with E-state index in [1.54, 1.807) is 12.1 Å². The Morgan fingerprint density at radius 2 is 2.12 bits per heavy atom. The lowest BCUT2D eigenvalue weighted by molar-refractivity contribution is 0.0162. The van der Waals surface area contributed by atoms with Crippen molar-refractivity contribution in [3.8, 4) is 22.6 Å². The Bertz CT molecular complexity index is 1240. The number of alkyl halides is 1. The van der Waals surface area contributed by atoms with Crippen LogP contribution in [0.2, 0.25) is 0 Å². The molecule has 1 fully saturated rings. The summed E-state index contributed by atoms with van der Waals surface area (Å²) < 4.78 is 48.4. The Morgan fingerprint density at radius 3 is 2.71 bits per heavy atom. The molecule has 15 heteroatoms. The number of pyridine rings is 1. The van der Waals surface area contributed by atoms with Crippen molar-refractivity contribution in [3.63, 3.8) is 0 Å². The molecule has 2 N–H and O–H groups in total. The first-order valence-corrected chi connectivity index (χ1v) is 11.5. The van der Waals surface area contributed by atoms with Crippen LogP contribution in [-0.4, -0.2) is 66.5 Å². The summed E-state index contributed by atoms with van der Waals surface area (Å²) in [6.45, 7) is 0.844. The van der Waals surface area contributed by atoms with E-state index >= 15 is 0 Å². The number of nitrogens with zero attached hydrogens (tertiary/aromatic N) is 6. The van der Waals surface area contributed by atoms with Gasteiger partial charge in [-0.2, -0.15) is 4.80 Å². The first kappa shape index (κ1) is 23.8. The molecule has 1 saturated heterocycles. The van der Waals surface area contributed by atoms with Crippen molar-refractivity contribution in [2.24, 2.45) is 0 Å². The van der Waals surface area contributed by atoms with E-state index in [9.17, 15) is 18.1 Å². The lowest BCUT2D eigenvalue weighted by atomic mass is 10.1. The van der Waals surface area contributed by atoms with E-state index < -0.39 is 38.6 Å². The van der Waals surface area contributed by atoms with Gasteiger partial charge in [0.1, 0.15) is 24.3 Å². The first-order chi connectivity index (χ1) is 16.2. The second kappa shape index (κ2) is 9.50. The van der Waals surface area contributed by atoms with Crippen molar-refractivity contribution in [2.45, 2.75) is 25.7 Å². The minimum atomic E-state index is -5.00. The molecule has 1 aromatic carbocycles. The standard InChI is InChI=1S/C19H19F2N6O6P/c1-2-27-24-18(23-25-27)15-6-3-11(9-22-15)13-5-4-12(7-14(13)21)26-10-17(32-19(26)28)16(8-20)33-34(29,30)31/h3-7,9,16-17H,2,8,10H2,1H3,(H2,29,30,31)/t16?,17-/m1/s1. The maximum Gasteiger partial charge on any atom is 0.470 e. The van der Waals surface area contributed by atoms with Crippen LogP contribution in [0, 0.1) is 5.82 Å². The summed E-state index contributed by atoms with van der Waals surface area (Å²) in [6, 6.07) is 7.25. The number of tetrazole rings is 1. The summed E-state index contributed by atoms with van der Waals surface area (Å²) >= 11 is 0. The number of hydrogen-bond donors (Lipinski definition) is 2. The fraction of sp³-hybridized carbons (Fsp3) is 0.316. The maximum atomic E-state index is 14.9. The predicted molar refractivity (Wildman–Crippen MR) is 113 cm³/mol. The molecule has 1 aliphatic rings. The summed E-state index contributed by atoms with van der Waals surface area (Å²) in [5.41, 5.74) is 1.26. The lowest BCUT2D eigenvalue weighted by Crippen LogP contribution is -2.34. The number of phosphoric acid groups is 1. The molecule has 3 heterocycles. The van der Waals surface area contributed by atoms with Crippen molar-refractivity contribution in [1.82, 2.24) is 25.2 Å². The summed E-state index contributed by atoms with van der Waals surface area (Å²) in [5.74, 6) is -0.326. The van der Waals surface area contributed by atoms with Gasteiger partial charge in [-0.3, -0.25) is 14.4 Å². The molecule has 2 atom stereocenters. The van der Waals surface area contributed by atoms with Crippen LogP contribution in [0.1, 0.15) is 6.92 Å². The highest BCUT2D eigenvalue weighted by Gasteiger charge is 2.41. The third kappa shape index (κ3) is 5.09. The van der Waals surface area contributed by atoms with Crippen molar-refractivity contribution in [1.29, 1.82) is 0 Å². The minimum Gasteiger partial charge on any atom is -0.441 e. The van der Waals surface area contributed by atoms with Gasteiger partial charge in [0.2, 0.25) is 5.82 Å². The molecule has 0 bridgehead atoms. The highest BCUT2D eigenvalue weighted by molar-refractivity contribution is 7.46. The molecule has 3 aromatic rings. The normalized spacial score (nSPS) is 17.1. The van der Waals surface area contributed by atoms with Crippen LogP contribution in [0.15, 0.2) is 36.5 Å². The van der Waals surface area contributed by atoms with Gasteiger partial charge in [0.25, 0.3) is 0 Å². The largest absolute Gasteiger partial charge is 0.470 e. The average Bonchev–Trinajstić information content (AvgIpc) is 3.44. The molecule has 1 amide bonds. The number of aromatic nitrogens is 5. The van der Waals surface area contributed by atoms with Gasteiger partial charge in [0.05, 0.1) is 18.8 Å². The van der Waals surface area contributed by atoms with Crippen LogP contribution in [0.5, 0.6) is 0 Å². The topological polar surface area (TPSA) is 153 Å². The van der Waals surface area contributed by atoms with Crippen LogP contribution in [0.3, 0.4) is 0 Å². The Balaban J connectivity index is 1.51. The van der Waals surface area contributed by atoms with E-state index in [2.05, 4.69) is 24.9 Å². The SMILES string of the molecule is CCn1nnc(-c2ccc(-c3ccc(N4C[C@H](C(CF)OP(=O)(O)O)OC4=O)cc3F)cn2)n1. The van der Waals surface area contributed by atoms with E-state index in [1.165, 1.54) is 23.1 Å². The predicted octanol–water partition coefficient (Wildman–Crippen LogP) is 2.33. The smallest absolute Gasteiger partial charge is 0.441 e. The third-order valence-electron chi connectivity index (χ3n) is 4.98. The molecular formula is C19H19F2N6O6P. The molecule has 0 saturated carbocycles. The van der Waals surface area contributed by atoms with Crippen molar-refractivity contribution in [3.05, 3.63) is 42.3 Å². The fourth-order valence-electron chi connectivity index (χ4n) is 3.33.